The summed E-state index contributed by atoms with van der Waals surface area (Å²) in [5, 5.41) is 0. The third-order valence-corrected chi connectivity index (χ3v) is 2.59. The highest BCUT2D eigenvalue weighted by Gasteiger charge is 2.17. The van der Waals surface area contributed by atoms with Crippen molar-refractivity contribution in [1.82, 2.24) is 9.97 Å². The summed E-state index contributed by atoms with van der Waals surface area (Å²) in [4.78, 5) is 21.7. The van der Waals surface area contributed by atoms with Crippen LogP contribution in [0.3, 0.4) is 0 Å². The quantitative estimate of drug-likeness (QED) is 0.725. The summed E-state index contributed by atoms with van der Waals surface area (Å²) in [6, 6.07) is 1.91. The van der Waals surface area contributed by atoms with Gasteiger partial charge in [-0.05, 0) is 13.8 Å². The minimum atomic E-state index is -0.200. The number of hydrogen-bond acceptors (Lipinski definition) is 5. The second-order valence-electron chi connectivity index (χ2n) is 3.98. The normalized spacial score (nSPS) is 12.0. The zero-order valence-electron chi connectivity index (χ0n) is 10.8. The number of aryl methyl sites for hydroxylation is 1. The van der Waals surface area contributed by atoms with Crippen LogP contribution in [-0.2, 0) is 9.53 Å². The van der Waals surface area contributed by atoms with Crippen molar-refractivity contribution in [2.45, 2.75) is 20.8 Å². The van der Waals surface area contributed by atoms with Crippen molar-refractivity contribution in [3.8, 4) is 0 Å². The Morgan fingerprint density at radius 2 is 2.24 bits per heavy atom. The number of hydrogen-bond donors (Lipinski definition) is 0. The van der Waals surface area contributed by atoms with Crippen LogP contribution in [-0.4, -0.2) is 36.1 Å². The first-order valence-electron chi connectivity index (χ1n) is 5.69. The van der Waals surface area contributed by atoms with E-state index in [-0.39, 0.29) is 11.9 Å². The molecule has 5 nitrogen and oxygen atoms in total. The Hall–Kier alpha value is -1.65. The van der Waals surface area contributed by atoms with E-state index in [9.17, 15) is 4.79 Å². The molecule has 1 rings (SSSR count). The van der Waals surface area contributed by atoms with Crippen molar-refractivity contribution in [3.05, 3.63) is 18.1 Å². The van der Waals surface area contributed by atoms with Gasteiger partial charge in [0, 0.05) is 24.8 Å². The lowest BCUT2D eigenvalue weighted by molar-refractivity contribution is -0.144. The molecule has 1 heterocycles. The van der Waals surface area contributed by atoms with E-state index in [1.54, 1.807) is 0 Å². The largest absolute Gasteiger partial charge is 0.469 e. The van der Waals surface area contributed by atoms with Gasteiger partial charge < -0.3 is 9.64 Å². The number of methoxy groups -OCH3 is 1. The molecular weight excluding hydrogens is 218 g/mol. The minimum Gasteiger partial charge on any atom is -0.469 e. The first-order valence-corrected chi connectivity index (χ1v) is 5.69. The van der Waals surface area contributed by atoms with Crippen LogP contribution in [0.4, 0.5) is 5.82 Å². The molecule has 0 radical (unpaired) electrons. The Labute approximate surface area is 102 Å². The van der Waals surface area contributed by atoms with Crippen LogP contribution >= 0.6 is 0 Å². The molecule has 0 amide bonds. The fraction of sp³-hybridized carbons (Fsp3) is 0.583. The molecule has 0 fully saturated rings. The molecule has 0 aromatic carbocycles. The van der Waals surface area contributed by atoms with Gasteiger partial charge in [0.05, 0.1) is 13.0 Å². The number of carbonyl (C=O) groups excluding carboxylic acids is 1. The maximum atomic E-state index is 11.4. The molecule has 94 valence electrons. The third kappa shape index (κ3) is 3.69. The van der Waals surface area contributed by atoms with Gasteiger partial charge in [0.15, 0.2) is 0 Å². The van der Waals surface area contributed by atoms with Crippen LogP contribution in [0.25, 0.3) is 0 Å². The highest BCUT2D eigenvalue weighted by molar-refractivity contribution is 5.72. The van der Waals surface area contributed by atoms with Gasteiger partial charge >= 0.3 is 5.97 Å². The first-order chi connectivity index (χ1) is 8.08. The van der Waals surface area contributed by atoms with Gasteiger partial charge in [-0.3, -0.25) is 4.79 Å². The topological polar surface area (TPSA) is 55.3 Å². The van der Waals surface area contributed by atoms with E-state index in [0.29, 0.717) is 6.54 Å². The number of esters is 1. The molecule has 0 saturated heterocycles. The summed E-state index contributed by atoms with van der Waals surface area (Å²) >= 11 is 0. The molecule has 0 aliphatic carbocycles. The van der Waals surface area contributed by atoms with E-state index >= 15 is 0 Å². The number of rotatable bonds is 5. The Bertz CT molecular complexity index is 382. The average Bonchev–Trinajstić information content (AvgIpc) is 2.34. The van der Waals surface area contributed by atoms with Gasteiger partial charge in [0.2, 0.25) is 0 Å². The van der Waals surface area contributed by atoms with E-state index in [1.807, 2.05) is 31.7 Å². The number of carbonyl (C=O) groups is 1. The van der Waals surface area contributed by atoms with Crippen LogP contribution in [0.15, 0.2) is 12.4 Å². The summed E-state index contributed by atoms with van der Waals surface area (Å²) < 4.78 is 4.72. The van der Waals surface area contributed by atoms with Gasteiger partial charge in [-0.15, -0.1) is 0 Å². The summed E-state index contributed by atoms with van der Waals surface area (Å²) in [7, 11) is 1.41. The lowest BCUT2D eigenvalue weighted by Crippen LogP contribution is -2.32. The van der Waals surface area contributed by atoms with E-state index in [0.717, 1.165) is 18.1 Å². The second kappa shape index (κ2) is 6.18. The maximum Gasteiger partial charge on any atom is 0.310 e. The Kier molecular flexibility index (Phi) is 4.87. The number of nitrogens with zero attached hydrogens (tertiary/aromatic N) is 3. The van der Waals surface area contributed by atoms with E-state index in [2.05, 4.69) is 9.97 Å². The van der Waals surface area contributed by atoms with Crippen LogP contribution in [0.1, 0.15) is 19.5 Å². The molecule has 0 spiro atoms. The molecule has 1 aromatic heterocycles. The van der Waals surface area contributed by atoms with Gasteiger partial charge in [-0.1, -0.05) is 6.92 Å². The molecule has 17 heavy (non-hydrogen) atoms. The highest BCUT2D eigenvalue weighted by atomic mass is 16.5. The van der Waals surface area contributed by atoms with E-state index in [4.69, 9.17) is 4.74 Å². The fourth-order valence-corrected chi connectivity index (χ4v) is 1.60. The zero-order chi connectivity index (χ0) is 12.8. The molecule has 1 unspecified atom stereocenters. The Morgan fingerprint density at radius 3 is 2.76 bits per heavy atom. The van der Waals surface area contributed by atoms with Crippen molar-refractivity contribution in [1.29, 1.82) is 0 Å². The van der Waals surface area contributed by atoms with E-state index in [1.165, 1.54) is 13.4 Å². The van der Waals surface area contributed by atoms with Crippen molar-refractivity contribution >= 4 is 11.8 Å². The third-order valence-electron chi connectivity index (χ3n) is 2.59. The number of ether oxygens (including phenoxy) is 1. The first kappa shape index (κ1) is 13.4. The molecule has 0 aliphatic rings. The highest BCUT2D eigenvalue weighted by Crippen LogP contribution is 2.13. The lowest BCUT2D eigenvalue weighted by Gasteiger charge is -2.24. The predicted octanol–water partition coefficient (Wildman–Crippen LogP) is 1.42. The van der Waals surface area contributed by atoms with Crippen molar-refractivity contribution < 1.29 is 9.53 Å². The lowest BCUT2D eigenvalue weighted by atomic mass is 10.1. The summed E-state index contributed by atoms with van der Waals surface area (Å²) in [6.45, 7) is 7.18. The average molecular weight is 237 g/mol. The molecule has 0 saturated carbocycles. The molecule has 0 N–H and O–H groups in total. The zero-order valence-corrected chi connectivity index (χ0v) is 10.8. The minimum absolute atomic E-state index is 0.171. The van der Waals surface area contributed by atoms with Crippen LogP contribution < -0.4 is 4.90 Å². The standard InChI is InChI=1S/C12H19N3O2/c1-5-15(7-9(2)12(16)17-4)11-6-10(3)13-8-14-11/h6,8-9H,5,7H2,1-4H3. The number of anilines is 1. The van der Waals surface area contributed by atoms with Crippen LogP contribution in [0.5, 0.6) is 0 Å². The van der Waals surface area contributed by atoms with Crippen molar-refractivity contribution in [2.75, 3.05) is 25.1 Å². The van der Waals surface area contributed by atoms with Crippen molar-refractivity contribution in [3.63, 3.8) is 0 Å². The fourth-order valence-electron chi connectivity index (χ4n) is 1.60. The molecule has 0 bridgehead atoms. The molecule has 5 heteroatoms. The number of aromatic nitrogens is 2. The van der Waals surface area contributed by atoms with Gasteiger partial charge in [0.25, 0.3) is 0 Å². The van der Waals surface area contributed by atoms with Gasteiger partial charge in [-0.2, -0.15) is 0 Å². The molecular formula is C12H19N3O2. The van der Waals surface area contributed by atoms with Crippen molar-refractivity contribution in [2.24, 2.45) is 5.92 Å². The van der Waals surface area contributed by atoms with Gasteiger partial charge in [-0.25, -0.2) is 9.97 Å². The Balaban J connectivity index is 2.75. The summed E-state index contributed by atoms with van der Waals surface area (Å²) in [5.41, 5.74) is 0.916. The van der Waals surface area contributed by atoms with E-state index < -0.39 is 0 Å². The summed E-state index contributed by atoms with van der Waals surface area (Å²) in [6.07, 6.45) is 1.54. The van der Waals surface area contributed by atoms with Gasteiger partial charge in [0.1, 0.15) is 12.1 Å². The Morgan fingerprint density at radius 1 is 1.53 bits per heavy atom. The van der Waals surface area contributed by atoms with Crippen LogP contribution in [0.2, 0.25) is 0 Å². The maximum absolute atomic E-state index is 11.4. The molecule has 1 aromatic rings. The van der Waals surface area contributed by atoms with Crippen LogP contribution in [0, 0.1) is 12.8 Å². The summed E-state index contributed by atoms with van der Waals surface area (Å²) in [5.74, 6) is 0.472. The molecule has 0 aliphatic heterocycles. The smallest absolute Gasteiger partial charge is 0.310 e. The molecule has 1 atom stereocenters. The SMILES string of the molecule is CCN(CC(C)C(=O)OC)c1cc(C)ncn1. The predicted molar refractivity (Wildman–Crippen MR) is 65.8 cm³/mol. The second-order valence-corrected chi connectivity index (χ2v) is 3.98. The monoisotopic (exact) mass is 237 g/mol.